The van der Waals surface area contributed by atoms with Crippen molar-refractivity contribution in [2.45, 2.75) is 38.1 Å². The molecule has 0 spiro atoms. The monoisotopic (exact) mass is 205 g/mol. The summed E-state index contributed by atoms with van der Waals surface area (Å²) >= 11 is 3.42. The molecule has 0 bridgehead atoms. The summed E-state index contributed by atoms with van der Waals surface area (Å²) in [5.74, 6) is 0. The summed E-state index contributed by atoms with van der Waals surface area (Å²) in [5, 5.41) is 4.68. The van der Waals surface area contributed by atoms with Gasteiger partial charge in [0.1, 0.15) is 0 Å². The molecule has 0 radical (unpaired) electrons. The maximum absolute atomic E-state index is 3.55. The van der Waals surface area contributed by atoms with E-state index in [1.165, 1.54) is 38.6 Å². The quantitative estimate of drug-likeness (QED) is 0.549. The molecule has 0 aromatic rings. The number of nitrogens with one attached hydrogen (secondary N) is 1. The van der Waals surface area contributed by atoms with Crippen molar-refractivity contribution >= 4 is 15.9 Å². The van der Waals surface area contributed by atoms with E-state index >= 15 is 0 Å². The van der Waals surface area contributed by atoms with Gasteiger partial charge in [-0.15, -0.1) is 0 Å². The van der Waals surface area contributed by atoms with Crippen molar-refractivity contribution in [2.24, 2.45) is 0 Å². The molecule has 0 atom stereocenters. The summed E-state index contributed by atoms with van der Waals surface area (Å²) in [7, 11) is 0. The lowest BCUT2D eigenvalue weighted by Crippen LogP contribution is -2.26. The maximum atomic E-state index is 3.55. The van der Waals surface area contributed by atoms with Crippen molar-refractivity contribution in [3.05, 3.63) is 0 Å². The Morgan fingerprint density at radius 2 is 2.00 bits per heavy atom. The zero-order valence-corrected chi connectivity index (χ0v) is 7.99. The molecular weight excluding hydrogens is 190 g/mol. The summed E-state index contributed by atoms with van der Waals surface area (Å²) < 4.78 is 0. The summed E-state index contributed by atoms with van der Waals surface area (Å²) in [6.45, 7) is 1.19. The van der Waals surface area contributed by atoms with Gasteiger partial charge in [-0.2, -0.15) is 0 Å². The molecule has 1 N–H and O–H groups in total. The van der Waals surface area contributed by atoms with Gasteiger partial charge in [-0.1, -0.05) is 28.8 Å². The van der Waals surface area contributed by atoms with Crippen LogP contribution in [0.2, 0.25) is 0 Å². The fraction of sp³-hybridized carbons (Fsp3) is 1.00. The van der Waals surface area contributed by atoms with Crippen molar-refractivity contribution in [3.63, 3.8) is 0 Å². The van der Waals surface area contributed by atoms with Crippen LogP contribution < -0.4 is 5.32 Å². The molecule has 0 aromatic heterocycles. The highest BCUT2D eigenvalue weighted by Gasteiger charge is 2.12. The van der Waals surface area contributed by atoms with E-state index in [1.54, 1.807) is 0 Å². The second-order valence-corrected chi connectivity index (χ2v) is 3.77. The van der Waals surface area contributed by atoms with Crippen LogP contribution in [0.15, 0.2) is 0 Å². The molecule has 1 nitrogen and oxygen atoms in total. The van der Waals surface area contributed by atoms with Crippen LogP contribution in [0.3, 0.4) is 0 Å². The second kappa shape index (κ2) is 5.14. The van der Waals surface area contributed by atoms with Crippen LogP contribution in [0.4, 0.5) is 0 Å². The highest BCUT2D eigenvalue weighted by atomic mass is 79.9. The van der Waals surface area contributed by atoms with Crippen molar-refractivity contribution < 1.29 is 0 Å². The smallest absolute Gasteiger partial charge is 0.00670 e. The van der Waals surface area contributed by atoms with Gasteiger partial charge < -0.3 is 5.32 Å². The molecule has 0 heterocycles. The van der Waals surface area contributed by atoms with Crippen LogP contribution in [0.25, 0.3) is 0 Å². The van der Waals surface area contributed by atoms with Crippen LogP contribution in [0.1, 0.15) is 32.1 Å². The number of hydrogen-bond acceptors (Lipinski definition) is 1. The fourth-order valence-corrected chi connectivity index (χ4v) is 1.78. The summed E-state index contributed by atoms with van der Waals surface area (Å²) in [6, 6.07) is 0.846. The number of alkyl halides is 1. The Kier molecular flexibility index (Phi) is 4.39. The molecule has 0 unspecified atom stereocenters. The lowest BCUT2D eigenvalue weighted by atomic mass is 10.2. The summed E-state index contributed by atoms with van der Waals surface area (Å²) in [5.41, 5.74) is 0. The first kappa shape index (κ1) is 8.54. The summed E-state index contributed by atoms with van der Waals surface area (Å²) in [6.07, 6.45) is 6.94. The first-order valence-corrected chi connectivity index (χ1v) is 5.35. The third-order valence-corrected chi connectivity index (χ3v) is 2.66. The predicted molar refractivity (Wildman–Crippen MR) is 48.7 cm³/mol. The third kappa shape index (κ3) is 3.02. The minimum absolute atomic E-state index is 0.846. The topological polar surface area (TPSA) is 12.0 Å². The molecule has 0 aliphatic heterocycles. The largest absolute Gasteiger partial charge is 0.314 e. The van der Waals surface area contributed by atoms with E-state index in [1.807, 2.05) is 0 Å². The fourth-order valence-electron chi connectivity index (χ4n) is 1.50. The van der Waals surface area contributed by atoms with Gasteiger partial charge in [-0.25, -0.2) is 0 Å². The average molecular weight is 206 g/mol. The first-order valence-electron chi connectivity index (χ1n) is 4.23. The highest BCUT2D eigenvalue weighted by molar-refractivity contribution is 9.09. The number of halogens is 1. The van der Waals surface area contributed by atoms with E-state index in [0.29, 0.717) is 0 Å². The highest BCUT2D eigenvalue weighted by Crippen LogP contribution is 2.17. The van der Waals surface area contributed by atoms with Crippen molar-refractivity contribution in [1.82, 2.24) is 5.32 Å². The van der Waals surface area contributed by atoms with Gasteiger partial charge in [0.25, 0.3) is 0 Å². The van der Waals surface area contributed by atoms with Crippen LogP contribution in [0.5, 0.6) is 0 Å². The summed E-state index contributed by atoms with van der Waals surface area (Å²) in [4.78, 5) is 0. The molecule has 0 amide bonds. The Bertz CT molecular complexity index is 79.3. The SMILES string of the molecule is BrCCCNC1CCCC1. The Hall–Kier alpha value is 0.440. The molecule has 1 aliphatic rings. The molecule has 2 heteroatoms. The van der Waals surface area contributed by atoms with Crippen molar-refractivity contribution in [3.8, 4) is 0 Å². The van der Waals surface area contributed by atoms with Crippen LogP contribution in [-0.2, 0) is 0 Å². The van der Waals surface area contributed by atoms with Crippen molar-refractivity contribution in [1.29, 1.82) is 0 Å². The normalized spacial score (nSPS) is 20.1. The van der Waals surface area contributed by atoms with E-state index in [9.17, 15) is 0 Å². The average Bonchev–Trinajstić information content (AvgIpc) is 2.41. The lowest BCUT2D eigenvalue weighted by Gasteiger charge is -2.09. The van der Waals surface area contributed by atoms with E-state index in [-0.39, 0.29) is 0 Å². The first-order chi connectivity index (χ1) is 4.93. The zero-order valence-electron chi connectivity index (χ0n) is 6.41. The number of rotatable bonds is 4. The van der Waals surface area contributed by atoms with Crippen LogP contribution in [0, 0.1) is 0 Å². The van der Waals surface area contributed by atoms with Crippen LogP contribution in [-0.4, -0.2) is 17.9 Å². The Morgan fingerprint density at radius 1 is 1.30 bits per heavy atom. The molecule has 10 heavy (non-hydrogen) atoms. The molecule has 0 aromatic carbocycles. The Morgan fingerprint density at radius 3 is 2.60 bits per heavy atom. The van der Waals surface area contributed by atoms with Gasteiger partial charge in [-0.05, 0) is 25.8 Å². The molecule has 1 aliphatic carbocycles. The van der Waals surface area contributed by atoms with Crippen LogP contribution >= 0.6 is 15.9 Å². The van der Waals surface area contributed by atoms with Gasteiger partial charge >= 0.3 is 0 Å². The maximum Gasteiger partial charge on any atom is 0.00670 e. The molecule has 60 valence electrons. The second-order valence-electron chi connectivity index (χ2n) is 2.98. The molecule has 0 saturated heterocycles. The molecule has 1 fully saturated rings. The number of hydrogen-bond donors (Lipinski definition) is 1. The van der Waals surface area contributed by atoms with Gasteiger partial charge in [-0.3, -0.25) is 0 Å². The zero-order chi connectivity index (χ0) is 7.23. The van der Waals surface area contributed by atoms with E-state index in [0.717, 1.165) is 11.4 Å². The minimum Gasteiger partial charge on any atom is -0.314 e. The van der Waals surface area contributed by atoms with E-state index in [4.69, 9.17) is 0 Å². The van der Waals surface area contributed by atoms with Crippen molar-refractivity contribution in [2.75, 3.05) is 11.9 Å². The van der Waals surface area contributed by atoms with Gasteiger partial charge in [0.2, 0.25) is 0 Å². The standard InChI is InChI=1S/C8H16BrN/c9-6-3-7-10-8-4-1-2-5-8/h8,10H,1-7H2. The third-order valence-electron chi connectivity index (χ3n) is 2.10. The van der Waals surface area contributed by atoms with Gasteiger partial charge in [0.05, 0.1) is 0 Å². The molecule has 1 rings (SSSR count). The Balaban J connectivity index is 1.91. The van der Waals surface area contributed by atoms with Gasteiger partial charge in [0.15, 0.2) is 0 Å². The Labute approximate surface area is 71.7 Å². The van der Waals surface area contributed by atoms with E-state index in [2.05, 4.69) is 21.2 Å². The van der Waals surface area contributed by atoms with Gasteiger partial charge in [0, 0.05) is 11.4 Å². The minimum atomic E-state index is 0.846. The molecule has 1 saturated carbocycles. The lowest BCUT2D eigenvalue weighted by molar-refractivity contribution is 0.525. The van der Waals surface area contributed by atoms with E-state index < -0.39 is 0 Å². The molecular formula is C8H16BrN. The predicted octanol–water partition coefficient (Wildman–Crippen LogP) is 2.30.